The van der Waals surface area contributed by atoms with Crippen LogP contribution in [-0.2, 0) is 6.54 Å². The maximum absolute atomic E-state index is 9.98. The SMILES string of the molecule is CCn1c(/N=C/c2ccc(C)cc2O)nc2cc(Br)c(Br)cc21. The Balaban J connectivity index is 2.07. The van der Waals surface area contributed by atoms with E-state index in [4.69, 9.17) is 0 Å². The molecule has 3 aromatic rings. The summed E-state index contributed by atoms with van der Waals surface area (Å²) in [6, 6.07) is 9.50. The minimum atomic E-state index is 0.221. The molecule has 0 radical (unpaired) electrons. The zero-order valence-corrected chi connectivity index (χ0v) is 15.9. The molecule has 2 aromatic carbocycles. The van der Waals surface area contributed by atoms with Crippen molar-refractivity contribution in [2.75, 3.05) is 0 Å². The summed E-state index contributed by atoms with van der Waals surface area (Å²) in [6.45, 7) is 4.75. The van der Waals surface area contributed by atoms with Crippen LogP contribution in [0.15, 0.2) is 44.3 Å². The molecule has 23 heavy (non-hydrogen) atoms. The summed E-state index contributed by atoms with van der Waals surface area (Å²) in [5.74, 6) is 0.839. The van der Waals surface area contributed by atoms with Crippen LogP contribution in [0.5, 0.6) is 5.75 Å². The zero-order chi connectivity index (χ0) is 16.6. The van der Waals surface area contributed by atoms with E-state index >= 15 is 0 Å². The van der Waals surface area contributed by atoms with Gasteiger partial charge in [-0.3, -0.25) is 0 Å². The Morgan fingerprint density at radius 3 is 2.65 bits per heavy atom. The van der Waals surface area contributed by atoms with Gasteiger partial charge in [0.1, 0.15) is 5.75 Å². The van der Waals surface area contributed by atoms with Gasteiger partial charge in [0.05, 0.1) is 11.0 Å². The summed E-state index contributed by atoms with van der Waals surface area (Å²) >= 11 is 7.02. The first kappa shape index (κ1) is 16.2. The van der Waals surface area contributed by atoms with Crippen molar-refractivity contribution in [1.82, 2.24) is 9.55 Å². The molecule has 0 bridgehead atoms. The van der Waals surface area contributed by atoms with Gasteiger partial charge in [0.15, 0.2) is 0 Å². The summed E-state index contributed by atoms with van der Waals surface area (Å²) in [7, 11) is 0. The Morgan fingerprint density at radius 1 is 1.22 bits per heavy atom. The molecule has 0 unspecified atom stereocenters. The molecule has 118 valence electrons. The van der Waals surface area contributed by atoms with Crippen molar-refractivity contribution in [2.45, 2.75) is 20.4 Å². The molecule has 0 saturated carbocycles. The Labute approximate surface area is 151 Å². The molecule has 4 nitrogen and oxygen atoms in total. The second kappa shape index (κ2) is 6.45. The fraction of sp³-hybridized carbons (Fsp3) is 0.176. The Bertz CT molecular complexity index is 916. The van der Waals surface area contributed by atoms with Crippen LogP contribution >= 0.6 is 31.9 Å². The van der Waals surface area contributed by atoms with Crippen LogP contribution in [0.2, 0.25) is 0 Å². The highest BCUT2D eigenvalue weighted by atomic mass is 79.9. The van der Waals surface area contributed by atoms with Crippen LogP contribution in [0.1, 0.15) is 18.1 Å². The summed E-state index contributed by atoms with van der Waals surface area (Å²) in [5, 5.41) is 9.98. The van der Waals surface area contributed by atoms with E-state index in [9.17, 15) is 5.11 Å². The number of fused-ring (bicyclic) bond motifs is 1. The number of imidazole rings is 1. The fourth-order valence-electron chi connectivity index (χ4n) is 2.41. The maximum atomic E-state index is 9.98. The number of nitrogens with zero attached hydrogens (tertiary/aromatic N) is 3. The minimum Gasteiger partial charge on any atom is -0.507 e. The number of aromatic hydroxyl groups is 1. The Kier molecular flexibility index (Phi) is 4.55. The molecule has 0 atom stereocenters. The van der Waals surface area contributed by atoms with Crippen molar-refractivity contribution >= 4 is 55.1 Å². The molecule has 0 aliphatic heterocycles. The molecule has 3 rings (SSSR count). The second-order valence-electron chi connectivity index (χ2n) is 5.23. The molecule has 0 amide bonds. The van der Waals surface area contributed by atoms with E-state index in [0.29, 0.717) is 11.5 Å². The van der Waals surface area contributed by atoms with Gasteiger partial charge >= 0.3 is 0 Å². The number of aliphatic imine (C=N–C) groups is 1. The number of benzene rings is 2. The highest BCUT2D eigenvalue weighted by Crippen LogP contribution is 2.31. The minimum absolute atomic E-state index is 0.221. The lowest BCUT2D eigenvalue weighted by atomic mass is 10.1. The third-order valence-electron chi connectivity index (χ3n) is 3.59. The number of aromatic nitrogens is 2. The fourth-order valence-corrected chi connectivity index (χ4v) is 3.07. The van der Waals surface area contributed by atoms with Gasteiger partial charge in [0.2, 0.25) is 5.95 Å². The van der Waals surface area contributed by atoms with Crippen LogP contribution in [0.25, 0.3) is 11.0 Å². The van der Waals surface area contributed by atoms with Gasteiger partial charge in [0, 0.05) is 27.3 Å². The number of phenols is 1. The van der Waals surface area contributed by atoms with Gasteiger partial charge in [-0.1, -0.05) is 6.07 Å². The third kappa shape index (κ3) is 3.19. The molecule has 0 aliphatic carbocycles. The molecule has 0 spiro atoms. The largest absolute Gasteiger partial charge is 0.507 e. The normalized spacial score (nSPS) is 11.7. The summed E-state index contributed by atoms with van der Waals surface area (Å²) in [4.78, 5) is 9.05. The third-order valence-corrected chi connectivity index (χ3v) is 5.44. The summed E-state index contributed by atoms with van der Waals surface area (Å²) in [6.07, 6.45) is 1.65. The number of hydrogen-bond acceptors (Lipinski definition) is 3. The zero-order valence-electron chi connectivity index (χ0n) is 12.7. The highest BCUT2D eigenvalue weighted by molar-refractivity contribution is 9.13. The van der Waals surface area contributed by atoms with Gasteiger partial charge in [-0.15, -0.1) is 0 Å². The monoisotopic (exact) mass is 435 g/mol. The predicted octanol–water partition coefficient (Wildman–Crippen LogP) is 5.35. The first-order valence-corrected chi connectivity index (χ1v) is 8.77. The van der Waals surface area contributed by atoms with Crippen molar-refractivity contribution in [2.24, 2.45) is 4.99 Å². The number of halogens is 2. The Morgan fingerprint density at radius 2 is 1.96 bits per heavy atom. The summed E-state index contributed by atoms with van der Waals surface area (Å²) in [5.41, 5.74) is 3.58. The smallest absolute Gasteiger partial charge is 0.230 e. The van der Waals surface area contributed by atoms with Crippen molar-refractivity contribution in [3.63, 3.8) is 0 Å². The van der Waals surface area contributed by atoms with E-state index in [2.05, 4.69) is 48.8 Å². The highest BCUT2D eigenvalue weighted by Gasteiger charge is 2.11. The molecular formula is C17H15Br2N3O. The van der Waals surface area contributed by atoms with Gasteiger partial charge < -0.3 is 9.67 Å². The average Bonchev–Trinajstić information content (AvgIpc) is 2.83. The summed E-state index contributed by atoms with van der Waals surface area (Å²) < 4.78 is 3.97. The van der Waals surface area contributed by atoms with E-state index in [1.54, 1.807) is 12.3 Å². The van der Waals surface area contributed by atoms with Crippen molar-refractivity contribution in [3.05, 3.63) is 50.4 Å². The quantitative estimate of drug-likeness (QED) is 0.563. The molecule has 0 fully saturated rings. The molecule has 1 heterocycles. The molecule has 1 N–H and O–H groups in total. The van der Waals surface area contributed by atoms with Gasteiger partial charge in [0.25, 0.3) is 0 Å². The second-order valence-corrected chi connectivity index (χ2v) is 6.94. The van der Waals surface area contributed by atoms with E-state index in [1.165, 1.54) is 0 Å². The van der Waals surface area contributed by atoms with E-state index in [1.807, 2.05) is 35.8 Å². The molecule has 1 aromatic heterocycles. The van der Waals surface area contributed by atoms with E-state index < -0.39 is 0 Å². The molecule has 6 heteroatoms. The lowest BCUT2D eigenvalue weighted by molar-refractivity contribution is 0.474. The van der Waals surface area contributed by atoms with Crippen molar-refractivity contribution in [3.8, 4) is 5.75 Å². The number of phenolic OH excluding ortho intramolecular Hbond substituents is 1. The van der Waals surface area contributed by atoms with E-state index in [0.717, 1.165) is 32.1 Å². The lowest BCUT2D eigenvalue weighted by Crippen LogP contribution is -1.93. The molecule has 0 aliphatic rings. The Hall–Kier alpha value is -1.66. The number of aryl methyl sites for hydroxylation is 2. The maximum Gasteiger partial charge on any atom is 0.230 e. The van der Waals surface area contributed by atoms with Crippen LogP contribution in [-0.4, -0.2) is 20.9 Å². The standard InChI is InChI=1S/C17H15Br2N3O/c1-3-22-15-8-13(19)12(18)7-14(15)21-17(22)20-9-11-5-4-10(2)6-16(11)23/h4-9,23H,3H2,1-2H3/b20-9+. The van der Waals surface area contributed by atoms with Crippen LogP contribution in [0.3, 0.4) is 0 Å². The van der Waals surface area contributed by atoms with Crippen molar-refractivity contribution in [1.29, 1.82) is 0 Å². The van der Waals surface area contributed by atoms with Crippen molar-refractivity contribution < 1.29 is 5.11 Å². The molecule has 0 saturated heterocycles. The van der Waals surface area contributed by atoms with Gasteiger partial charge in [-0.25, -0.2) is 9.98 Å². The topological polar surface area (TPSA) is 50.4 Å². The number of rotatable bonds is 3. The average molecular weight is 437 g/mol. The van der Waals surface area contributed by atoms with Gasteiger partial charge in [-0.05, 0) is 75.5 Å². The lowest BCUT2D eigenvalue weighted by Gasteiger charge is -2.03. The van der Waals surface area contributed by atoms with Crippen LogP contribution in [0, 0.1) is 6.92 Å². The van der Waals surface area contributed by atoms with Gasteiger partial charge in [-0.2, -0.15) is 0 Å². The first-order chi connectivity index (χ1) is 11.0. The van der Waals surface area contributed by atoms with Crippen LogP contribution in [0.4, 0.5) is 5.95 Å². The molecular weight excluding hydrogens is 422 g/mol. The predicted molar refractivity (Wildman–Crippen MR) is 101 cm³/mol. The van der Waals surface area contributed by atoms with Crippen LogP contribution < -0.4 is 0 Å². The number of hydrogen-bond donors (Lipinski definition) is 1. The first-order valence-electron chi connectivity index (χ1n) is 7.18. The van der Waals surface area contributed by atoms with E-state index in [-0.39, 0.29) is 5.75 Å².